The number of ketones is 1. The van der Waals surface area contributed by atoms with Crippen molar-refractivity contribution >= 4 is 11.7 Å². The van der Waals surface area contributed by atoms with Crippen LogP contribution in [0.3, 0.4) is 0 Å². The van der Waals surface area contributed by atoms with Gasteiger partial charge in [-0.25, -0.2) is 0 Å². The molecule has 0 aliphatic carbocycles. The third kappa shape index (κ3) is 3.65. The number of methoxy groups -OCH3 is 1. The van der Waals surface area contributed by atoms with Crippen LogP contribution in [0.5, 0.6) is 5.75 Å². The smallest absolute Gasteiger partial charge is 0.229 e. The van der Waals surface area contributed by atoms with Crippen LogP contribution in [0.2, 0.25) is 0 Å². The van der Waals surface area contributed by atoms with Crippen molar-refractivity contribution in [2.24, 2.45) is 5.73 Å². The molecule has 0 aliphatic rings. The summed E-state index contributed by atoms with van der Waals surface area (Å²) in [6.07, 6.45) is -0.0204. The molecule has 0 unspecified atom stereocenters. The van der Waals surface area contributed by atoms with Crippen LogP contribution < -0.4 is 10.5 Å². The lowest BCUT2D eigenvalue weighted by molar-refractivity contribution is -0.117. The molecule has 0 aliphatic heterocycles. The quantitative estimate of drug-likeness (QED) is 0.626. The van der Waals surface area contributed by atoms with Crippen LogP contribution in [0.25, 0.3) is 0 Å². The second-order valence-corrected chi connectivity index (χ2v) is 3.42. The van der Waals surface area contributed by atoms with Gasteiger partial charge in [0.25, 0.3) is 0 Å². The summed E-state index contributed by atoms with van der Waals surface area (Å²) >= 11 is 0. The monoisotopic (exact) mass is 231 g/mol. The molecule has 0 saturated carbocycles. The maximum atomic E-state index is 11.2. The molecule has 0 spiro atoms. The Kier molecular flexibility index (Phi) is 4.29. The first-order chi connectivity index (χ1) is 8.04. The van der Waals surface area contributed by atoms with E-state index in [1.54, 1.807) is 18.2 Å². The number of ether oxygens (including phenoxy) is 1. The van der Waals surface area contributed by atoms with E-state index in [9.17, 15) is 9.59 Å². The van der Waals surface area contributed by atoms with Crippen LogP contribution in [0.15, 0.2) is 18.2 Å². The van der Waals surface area contributed by atoms with Crippen LogP contribution in [-0.4, -0.2) is 18.8 Å². The SMILES string of the molecule is COc1ccc(C(C)=O)cc1C#CCC(N)=O. The predicted molar refractivity (Wildman–Crippen MR) is 63.7 cm³/mol. The van der Waals surface area contributed by atoms with Crippen LogP contribution in [-0.2, 0) is 4.79 Å². The van der Waals surface area contributed by atoms with Crippen molar-refractivity contribution in [3.05, 3.63) is 29.3 Å². The molecule has 4 heteroatoms. The van der Waals surface area contributed by atoms with E-state index < -0.39 is 5.91 Å². The fourth-order valence-corrected chi connectivity index (χ4v) is 1.25. The maximum Gasteiger partial charge on any atom is 0.229 e. The number of rotatable bonds is 3. The molecule has 0 aromatic heterocycles. The number of nitrogens with two attached hydrogens (primary N) is 1. The Labute approximate surface area is 99.8 Å². The van der Waals surface area contributed by atoms with Crippen LogP contribution in [0, 0.1) is 11.8 Å². The van der Waals surface area contributed by atoms with E-state index in [0.717, 1.165) is 0 Å². The highest BCUT2D eigenvalue weighted by Gasteiger charge is 2.05. The maximum absolute atomic E-state index is 11.2. The van der Waals surface area contributed by atoms with Crippen molar-refractivity contribution < 1.29 is 14.3 Å². The zero-order chi connectivity index (χ0) is 12.8. The molecule has 2 N–H and O–H groups in total. The number of hydrogen-bond donors (Lipinski definition) is 1. The van der Waals surface area contributed by atoms with Gasteiger partial charge in [-0.1, -0.05) is 11.8 Å². The Hall–Kier alpha value is -2.28. The van der Waals surface area contributed by atoms with Crippen molar-refractivity contribution in [1.29, 1.82) is 0 Å². The van der Waals surface area contributed by atoms with Crippen LogP contribution >= 0.6 is 0 Å². The summed E-state index contributed by atoms with van der Waals surface area (Å²) in [4.78, 5) is 21.8. The van der Waals surface area contributed by atoms with E-state index >= 15 is 0 Å². The van der Waals surface area contributed by atoms with E-state index in [1.165, 1.54) is 14.0 Å². The fraction of sp³-hybridized carbons (Fsp3) is 0.231. The summed E-state index contributed by atoms with van der Waals surface area (Å²) in [5.74, 6) is 5.41. The molecule has 0 saturated heterocycles. The average molecular weight is 231 g/mol. The molecule has 0 heterocycles. The Morgan fingerprint density at radius 3 is 2.65 bits per heavy atom. The first kappa shape index (κ1) is 12.8. The van der Waals surface area contributed by atoms with Gasteiger partial charge in [0.05, 0.1) is 19.1 Å². The normalized spacial score (nSPS) is 9.06. The van der Waals surface area contributed by atoms with Gasteiger partial charge in [-0.05, 0) is 25.1 Å². The average Bonchev–Trinajstić information content (AvgIpc) is 2.28. The van der Waals surface area contributed by atoms with Crippen LogP contribution in [0.4, 0.5) is 0 Å². The van der Waals surface area contributed by atoms with Gasteiger partial charge in [-0.2, -0.15) is 0 Å². The Balaban J connectivity index is 3.08. The van der Waals surface area contributed by atoms with E-state index in [1.807, 2.05) is 0 Å². The Morgan fingerprint density at radius 1 is 1.41 bits per heavy atom. The van der Waals surface area contributed by atoms with Crippen molar-refractivity contribution in [2.45, 2.75) is 13.3 Å². The second-order valence-electron chi connectivity index (χ2n) is 3.42. The highest BCUT2D eigenvalue weighted by Crippen LogP contribution is 2.19. The lowest BCUT2D eigenvalue weighted by atomic mass is 10.1. The number of primary amides is 1. The summed E-state index contributed by atoms with van der Waals surface area (Å²) in [6.45, 7) is 1.47. The zero-order valence-corrected chi connectivity index (χ0v) is 9.74. The zero-order valence-electron chi connectivity index (χ0n) is 9.74. The van der Waals surface area contributed by atoms with Gasteiger partial charge < -0.3 is 10.5 Å². The van der Waals surface area contributed by atoms with Crippen molar-refractivity contribution in [2.75, 3.05) is 7.11 Å². The molecule has 0 radical (unpaired) electrons. The first-order valence-corrected chi connectivity index (χ1v) is 5.00. The van der Waals surface area contributed by atoms with Gasteiger partial charge >= 0.3 is 0 Å². The number of carbonyl (C=O) groups excluding carboxylic acids is 2. The number of benzene rings is 1. The molecular formula is C13H13NO3. The molecule has 17 heavy (non-hydrogen) atoms. The molecule has 0 fully saturated rings. The topological polar surface area (TPSA) is 69.4 Å². The molecule has 1 aromatic carbocycles. The lowest BCUT2D eigenvalue weighted by Gasteiger charge is -2.04. The lowest BCUT2D eigenvalue weighted by Crippen LogP contribution is -2.08. The summed E-state index contributed by atoms with van der Waals surface area (Å²) in [5, 5.41) is 0. The van der Waals surface area contributed by atoms with Crippen molar-refractivity contribution in [3.63, 3.8) is 0 Å². The Bertz CT molecular complexity index is 509. The Morgan fingerprint density at radius 2 is 2.12 bits per heavy atom. The number of amides is 1. The largest absolute Gasteiger partial charge is 0.495 e. The van der Waals surface area contributed by atoms with E-state index in [4.69, 9.17) is 10.5 Å². The minimum Gasteiger partial charge on any atom is -0.495 e. The molecule has 0 bridgehead atoms. The minimum absolute atomic E-state index is 0.0204. The molecular weight excluding hydrogens is 218 g/mol. The second kappa shape index (κ2) is 5.71. The van der Waals surface area contributed by atoms with Gasteiger partial charge in [0.1, 0.15) is 5.75 Å². The third-order valence-electron chi connectivity index (χ3n) is 2.09. The number of carbonyl (C=O) groups is 2. The van der Waals surface area contributed by atoms with Gasteiger partial charge in [0.15, 0.2) is 5.78 Å². The summed E-state index contributed by atoms with van der Waals surface area (Å²) in [7, 11) is 1.52. The van der Waals surface area contributed by atoms with E-state index in [-0.39, 0.29) is 12.2 Å². The minimum atomic E-state index is -0.487. The van der Waals surface area contributed by atoms with E-state index in [0.29, 0.717) is 16.9 Å². The highest BCUT2D eigenvalue weighted by molar-refractivity contribution is 5.94. The molecule has 88 valence electrons. The number of Topliss-reactive ketones (excluding diaryl/α,β-unsaturated/α-hetero) is 1. The summed E-state index contributed by atoms with van der Waals surface area (Å²) < 4.78 is 5.11. The van der Waals surface area contributed by atoms with Gasteiger partial charge in [-0.3, -0.25) is 9.59 Å². The molecule has 0 atom stereocenters. The summed E-state index contributed by atoms with van der Waals surface area (Å²) in [6, 6.07) is 4.97. The standard InChI is InChI=1S/C13H13NO3/c1-9(15)10-6-7-12(17-2)11(8-10)4-3-5-13(14)16/h6-8H,5H2,1-2H3,(H2,14,16). The van der Waals surface area contributed by atoms with Crippen molar-refractivity contribution in [3.8, 4) is 17.6 Å². The molecule has 1 amide bonds. The molecule has 4 nitrogen and oxygen atoms in total. The van der Waals surface area contributed by atoms with Gasteiger partial charge in [0, 0.05) is 5.56 Å². The molecule has 1 rings (SSSR count). The van der Waals surface area contributed by atoms with E-state index in [2.05, 4.69) is 11.8 Å². The predicted octanol–water partition coefficient (Wildman–Crippen LogP) is 1.12. The fourth-order valence-electron chi connectivity index (χ4n) is 1.25. The highest BCUT2D eigenvalue weighted by atomic mass is 16.5. The summed E-state index contributed by atoms with van der Waals surface area (Å²) in [5.41, 5.74) is 6.10. The van der Waals surface area contributed by atoms with Gasteiger partial charge in [0.2, 0.25) is 5.91 Å². The van der Waals surface area contributed by atoms with Gasteiger partial charge in [-0.15, -0.1) is 0 Å². The first-order valence-electron chi connectivity index (χ1n) is 5.00. The third-order valence-corrected chi connectivity index (χ3v) is 2.09. The molecule has 1 aromatic rings. The number of hydrogen-bond acceptors (Lipinski definition) is 3. The van der Waals surface area contributed by atoms with Crippen LogP contribution in [0.1, 0.15) is 29.3 Å². The van der Waals surface area contributed by atoms with Crippen molar-refractivity contribution in [1.82, 2.24) is 0 Å².